The highest BCUT2D eigenvalue weighted by Crippen LogP contribution is 2.27. The number of halogens is 2. The Balaban J connectivity index is 1.85. The van der Waals surface area contributed by atoms with Crippen LogP contribution in [0.25, 0.3) is 0 Å². The van der Waals surface area contributed by atoms with Crippen molar-refractivity contribution in [3.05, 3.63) is 28.0 Å². The summed E-state index contributed by atoms with van der Waals surface area (Å²) in [4.78, 5) is -0.267. The van der Waals surface area contributed by atoms with Gasteiger partial charge in [0.05, 0.1) is 0 Å². The van der Waals surface area contributed by atoms with Crippen molar-refractivity contribution in [2.24, 2.45) is 0 Å². The highest BCUT2D eigenvalue weighted by molar-refractivity contribution is 9.10. The molecule has 0 aromatic heterocycles. The Bertz CT molecular complexity index is 643. The van der Waals surface area contributed by atoms with Crippen molar-refractivity contribution >= 4 is 26.0 Å². The van der Waals surface area contributed by atoms with Crippen molar-refractivity contribution < 1.29 is 12.8 Å². The van der Waals surface area contributed by atoms with Crippen molar-refractivity contribution in [2.45, 2.75) is 55.6 Å². The van der Waals surface area contributed by atoms with Crippen molar-refractivity contribution in [2.75, 3.05) is 0 Å². The maximum atomic E-state index is 14.5. The average molecular weight is 377 g/mol. The highest BCUT2D eigenvalue weighted by atomic mass is 79.9. The van der Waals surface area contributed by atoms with E-state index in [1.165, 1.54) is 6.07 Å². The van der Waals surface area contributed by atoms with Crippen LogP contribution < -0.4 is 10.0 Å². The maximum absolute atomic E-state index is 14.5. The summed E-state index contributed by atoms with van der Waals surface area (Å²) in [5.74, 6) is -0.654. The summed E-state index contributed by atoms with van der Waals surface area (Å²) in [5.41, 5.74) is 0.380. The number of rotatable bonds is 6. The SMILES string of the molecule is O=S(=O)(NC1CCC1)c1cc(Br)cc(CNC2CC2)c1F. The molecule has 0 amide bonds. The van der Waals surface area contributed by atoms with Crippen LogP contribution in [0.5, 0.6) is 0 Å². The van der Waals surface area contributed by atoms with Gasteiger partial charge in [-0.1, -0.05) is 22.4 Å². The lowest BCUT2D eigenvalue weighted by Gasteiger charge is -2.26. The third-order valence-electron chi connectivity index (χ3n) is 3.95. The van der Waals surface area contributed by atoms with Gasteiger partial charge in [0.1, 0.15) is 10.7 Å². The Labute approximate surface area is 132 Å². The van der Waals surface area contributed by atoms with Crippen molar-refractivity contribution in [3.63, 3.8) is 0 Å². The molecule has 1 aromatic rings. The summed E-state index contributed by atoms with van der Waals surface area (Å²) in [6.07, 6.45) is 4.87. The van der Waals surface area contributed by atoms with E-state index in [1.807, 2.05) is 0 Å². The van der Waals surface area contributed by atoms with Gasteiger partial charge in [-0.05, 0) is 37.8 Å². The van der Waals surface area contributed by atoms with E-state index in [2.05, 4.69) is 26.0 Å². The Morgan fingerprint density at radius 2 is 1.90 bits per heavy atom. The van der Waals surface area contributed by atoms with Crippen LogP contribution in [0, 0.1) is 5.82 Å². The minimum atomic E-state index is -3.80. The minimum Gasteiger partial charge on any atom is -0.310 e. The zero-order chi connectivity index (χ0) is 15.0. The smallest absolute Gasteiger partial charge is 0.243 e. The molecule has 0 bridgehead atoms. The van der Waals surface area contributed by atoms with E-state index in [0.717, 1.165) is 32.1 Å². The first-order valence-electron chi connectivity index (χ1n) is 7.19. The van der Waals surface area contributed by atoms with Crippen LogP contribution in [-0.2, 0) is 16.6 Å². The second kappa shape index (κ2) is 5.95. The quantitative estimate of drug-likeness (QED) is 0.802. The Kier molecular flexibility index (Phi) is 4.36. The predicted molar refractivity (Wildman–Crippen MR) is 81.9 cm³/mol. The molecular weight excluding hydrogens is 359 g/mol. The number of sulfonamides is 1. The first kappa shape index (κ1) is 15.4. The van der Waals surface area contributed by atoms with Gasteiger partial charge in [-0.25, -0.2) is 17.5 Å². The van der Waals surface area contributed by atoms with Crippen LogP contribution in [0.15, 0.2) is 21.5 Å². The number of nitrogens with one attached hydrogen (secondary N) is 2. The Hall–Kier alpha value is -0.500. The van der Waals surface area contributed by atoms with E-state index in [0.29, 0.717) is 22.6 Å². The fourth-order valence-electron chi connectivity index (χ4n) is 2.29. The summed E-state index contributed by atoms with van der Waals surface area (Å²) in [7, 11) is -3.80. The molecule has 0 unspecified atom stereocenters. The summed E-state index contributed by atoms with van der Waals surface area (Å²) in [6.45, 7) is 0.349. The molecule has 0 spiro atoms. The zero-order valence-corrected chi connectivity index (χ0v) is 13.9. The molecule has 2 aliphatic rings. The van der Waals surface area contributed by atoms with Crippen LogP contribution >= 0.6 is 15.9 Å². The molecule has 0 atom stereocenters. The maximum Gasteiger partial charge on any atom is 0.243 e. The summed E-state index contributed by atoms with van der Waals surface area (Å²) < 4.78 is 42.3. The molecule has 2 saturated carbocycles. The monoisotopic (exact) mass is 376 g/mol. The summed E-state index contributed by atoms with van der Waals surface area (Å²) in [6, 6.07) is 3.35. The molecule has 21 heavy (non-hydrogen) atoms. The van der Waals surface area contributed by atoms with E-state index < -0.39 is 15.8 Å². The van der Waals surface area contributed by atoms with Gasteiger partial charge >= 0.3 is 0 Å². The Morgan fingerprint density at radius 1 is 1.19 bits per heavy atom. The van der Waals surface area contributed by atoms with E-state index >= 15 is 0 Å². The lowest BCUT2D eigenvalue weighted by molar-refractivity contribution is 0.382. The molecule has 2 aliphatic carbocycles. The van der Waals surface area contributed by atoms with Gasteiger partial charge in [0, 0.05) is 28.7 Å². The molecule has 116 valence electrons. The lowest BCUT2D eigenvalue weighted by atomic mass is 9.94. The van der Waals surface area contributed by atoms with Gasteiger partial charge in [0.15, 0.2) is 0 Å². The molecular formula is C14H18BrFN2O2S. The topological polar surface area (TPSA) is 58.2 Å². The zero-order valence-electron chi connectivity index (χ0n) is 11.5. The summed E-state index contributed by atoms with van der Waals surface area (Å²) in [5, 5.41) is 3.21. The van der Waals surface area contributed by atoms with Crippen LogP contribution in [0.2, 0.25) is 0 Å². The van der Waals surface area contributed by atoms with E-state index in [4.69, 9.17) is 0 Å². The highest BCUT2D eigenvalue weighted by Gasteiger charge is 2.28. The first-order valence-corrected chi connectivity index (χ1v) is 9.47. The van der Waals surface area contributed by atoms with Gasteiger partial charge < -0.3 is 5.32 Å². The number of hydrogen-bond acceptors (Lipinski definition) is 3. The molecule has 0 radical (unpaired) electrons. The second-order valence-electron chi connectivity index (χ2n) is 5.78. The molecule has 1 aromatic carbocycles. The number of hydrogen-bond donors (Lipinski definition) is 2. The van der Waals surface area contributed by atoms with Crippen LogP contribution in [0.4, 0.5) is 4.39 Å². The minimum absolute atomic E-state index is 0.0542. The molecule has 2 fully saturated rings. The third-order valence-corrected chi connectivity index (χ3v) is 5.93. The fourth-order valence-corrected chi connectivity index (χ4v) is 4.40. The molecule has 3 rings (SSSR count). The molecule has 0 aliphatic heterocycles. The first-order chi connectivity index (χ1) is 9.95. The second-order valence-corrected chi connectivity index (χ2v) is 8.38. The Morgan fingerprint density at radius 3 is 2.48 bits per heavy atom. The van der Waals surface area contributed by atoms with E-state index in [-0.39, 0.29) is 10.9 Å². The summed E-state index contributed by atoms with van der Waals surface area (Å²) >= 11 is 3.27. The molecule has 7 heteroatoms. The van der Waals surface area contributed by atoms with Crippen molar-refractivity contribution in [1.29, 1.82) is 0 Å². The molecule has 0 saturated heterocycles. The molecule has 2 N–H and O–H groups in total. The standard InChI is InChI=1S/C14H18BrFN2O2S/c15-10-6-9(8-17-11-4-5-11)14(16)13(7-10)21(19,20)18-12-2-1-3-12/h6-7,11-12,17-18H,1-5,8H2. The van der Waals surface area contributed by atoms with Crippen LogP contribution in [0.3, 0.4) is 0 Å². The van der Waals surface area contributed by atoms with Crippen molar-refractivity contribution in [3.8, 4) is 0 Å². The third kappa shape index (κ3) is 3.64. The van der Waals surface area contributed by atoms with Crippen LogP contribution in [-0.4, -0.2) is 20.5 Å². The fraction of sp³-hybridized carbons (Fsp3) is 0.571. The van der Waals surface area contributed by atoms with Gasteiger partial charge in [-0.15, -0.1) is 0 Å². The normalized spacial score (nSPS) is 19.5. The molecule has 0 heterocycles. The average Bonchev–Trinajstić information content (AvgIpc) is 3.18. The van der Waals surface area contributed by atoms with Gasteiger partial charge in [-0.3, -0.25) is 0 Å². The van der Waals surface area contributed by atoms with Crippen molar-refractivity contribution in [1.82, 2.24) is 10.0 Å². The van der Waals surface area contributed by atoms with Gasteiger partial charge in [0.25, 0.3) is 0 Å². The molecule has 4 nitrogen and oxygen atoms in total. The predicted octanol–water partition coefficient (Wildman–Crippen LogP) is 2.67. The van der Waals surface area contributed by atoms with Gasteiger partial charge in [-0.2, -0.15) is 0 Å². The number of benzene rings is 1. The lowest BCUT2D eigenvalue weighted by Crippen LogP contribution is -2.39. The van der Waals surface area contributed by atoms with Crippen LogP contribution in [0.1, 0.15) is 37.7 Å². The van der Waals surface area contributed by atoms with E-state index in [1.54, 1.807) is 6.07 Å². The largest absolute Gasteiger partial charge is 0.310 e. The van der Waals surface area contributed by atoms with Gasteiger partial charge in [0.2, 0.25) is 10.0 Å². The van der Waals surface area contributed by atoms with E-state index in [9.17, 15) is 12.8 Å².